The molecule has 12 heteroatoms. The molecule has 0 unspecified atom stereocenters. The van der Waals surface area contributed by atoms with Gasteiger partial charge in [-0.15, -0.1) is 24.0 Å². The van der Waals surface area contributed by atoms with Gasteiger partial charge in [0.1, 0.15) is 15.3 Å². The Morgan fingerprint density at radius 1 is 1.21 bits per heavy atom. The van der Waals surface area contributed by atoms with Gasteiger partial charge in [-0.05, 0) is 62.0 Å². The number of allylic oxidation sites excluding steroid dienone is 4. The number of thiophene rings is 1. The van der Waals surface area contributed by atoms with Gasteiger partial charge in [0.2, 0.25) is 5.12 Å². The van der Waals surface area contributed by atoms with Gasteiger partial charge in [-0.25, -0.2) is 22.0 Å². The topological polar surface area (TPSA) is 115 Å². The van der Waals surface area contributed by atoms with E-state index in [9.17, 15) is 27.9 Å². The number of aliphatic hydroxyl groups is 1. The maximum absolute atomic E-state index is 17.4. The summed E-state index contributed by atoms with van der Waals surface area (Å²) in [6.45, 7) is 4.80. The molecule has 1 heterocycles. The lowest BCUT2D eigenvalue weighted by Crippen LogP contribution is -2.70. The highest BCUT2D eigenvalue weighted by Gasteiger charge is 2.78. The lowest BCUT2D eigenvalue weighted by atomic mass is 9.44. The standard InChI is InChI=1S/C27H30F2O7S3/c1-13-9-15-16-11-18(28)17-10-14(30)7-8-24(17,2)26(16,29)20(31)12-25(15,3)27(13,23(33)37)36-22(32)19-5-6-21(38-19)39(4,34)35/h5-8,10,13,15-16,18,20,31H,9,11-12H2,1-4H3,(H,33,37)/t13-,15+,16+,18+,20+,24+,25+,26+,27+/m1/s1. The first-order chi connectivity index (χ1) is 17.9. The predicted octanol–water partition coefficient (Wildman–Crippen LogP) is 4.07. The van der Waals surface area contributed by atoms with E-state index in [1.807, 2.05) is 0 Å². The minimum Gasteiger partial charge on any atom is -0.445 e. The quantitative estimate of drug-likeness (QED) is 0.396. The van der Waals surface area contributed by atoms with Crippen LogP contribution >= 0.6 is 24.0 Å². The second-order valence-corrected chi connectivity index (χ2v) is 15.5. The lowest BCUT2D eigenvalue weighted by Gasteiger charge is -2.63. The second kappa shape index (κ2) is 8.80. The Hall–Kier alpha value is -1.89. The average Bonchev–Trinajstić information content (AvgIpc) is 3.41. The van der Waals surface area contributed by atoms with Crippen molar-refractivity contribution in [3.63, 3.8) is 0 Å². The van der Waals surface area contributed by atoms with Gasteiger partial charge in [0.15, 0.2) is 26.9 Å². The Bertz CT molecular complexity index is 1450. The summed E-state index contributed by atoms with van der Waals surface area (Å²) in [7, 11) is -3.58. The molecule has 4 aliphatic rings. The molecule has 0 aromatic carbocycles. The summed E-state index contributed by atoms with van der Waals surface area (Å²) in [6, 6.07) is 2.57. The number of carbonyl (C=O) groups is 3. The molecule has 3 fully saturated rings. The molecule has 1 N–H and O–H groups in total. The molecule has 0 bridgehead atoms. The zero-order valence-corrected chi connectivity index (χ0v) is 24.3. The molecule has 0 aliphatic heterocycles. The lowest BCUT2D eigenvalue weighted by molar-refractivity contribution is -0.221. The summed E-state index contributed by atoms with van der Waals surface area (Å²) in [6.07, 6.45) is 0.909. The second-order valence-electron chi connectivity index (χ2n) is 11.8. The fourth-order valence-electron chi connectivity index (χ4n) is 8.07. The Morgan fingerprint density at radius 2 is 1.87 bits per heavy atom. The van der Waals surface area contributed by atoms with E-state index < -0.39 is 78.8 Å². The van der Waals surface area contributed by atoms with Crippen LogP contribution in [0.5, 0.6) is 0 Å². The number of fused-ring (bicyclic) bond motifs is 5. The molecule has 1 aromatic rings. The van der Waals surface area contributed by atoms with Gasteiger partial charge in [-0.2, -0.15) is 0 Å². The molecule has 4 aliphatic carbocycles. The van der Waals surface area contributed by atoms with Gasteiger partial charge in [-0.3, -0.25) is 9.59 Å². The van der Waals surface area contributed by atoms with Crippen LogP contribution in [0.2, 0.25) is 0 Å². The van der Waals surface area contributed by atoms with Gasteiger partial charge in [0.05, 0.1) is 6.10 Å². The van der Waals surface area contributed by atoms with Crippen molar-refractivity contribution in [2.75, 3.05) is 6.26 Å². The number of rotatable bonds is 4. The van der Waals surface area contributed by atoms with Gasteiger partial charge < -0.3 is 9.84 Å². The predicted molar refractivity (Wildman–Crippen MR) is 143 cm³/mol. The highest BCUT2D eigenvalue weighted by Crippen LogP contribution is 2.71. The minimum atomic E-state index is -3.58. The van der Waals surface area contributed by atoms with Crippen LogP contribution in [0.4, 0.5) is 8.78 Å². The van der Waals surface area contributed by atoms with E-state index >= 15 is 8.78 Å². The Labute approximate surface area is 235 Å². The van der Waals surface area contributed by atoms with Gasteiger partial charge in [0, 0.05) is 28.9 Å². The van der Waals surface area contributed by atoms with Crippen LogP contribution in [-0.2, 0) is 24.2 Å². The first-order valence-corrected chi connectivity index (χ1v) is 15.8. The summed E-state index contributed by atoms with van der Waals surface area (Å²) in [4.78, 5) is 38.6. The third-order valence-corrected chi connectivity index (χ3v) is 13.1. The highest BCUT2D eigenvalue weighted by molar-refractivity contribution is 7.96. The van der Waals surface area contributed by atoms with Crippen molar-refractivity contribution in [2.24, 2.45) is 28.6 Å². The van der Waals surface area contributed by atoms with Gasteiger partial charge in [0.25, 0.3) is 0 Å². The zero-order valence-electron chi connectivity index (χ0n) is 21.8. The van der Waals surface area contributed by atoms with Crippen LogP contribution in [0, 0.1) is 28.6 Å². The zero-order chi connectivity index (χ0) is 28.9. The molecule has 7 nitrogen and oxygen atoms in total. The Balaban J connectivity index is 1.59. The normalized spacial score (nSPS) is 43.2. The molecule has 212 valence electrons. The molecule has 39 heavy (non-hydrogen) atoms. The first kappa shape index (κ1) is 28.6. The van der Waals surface area contributed by atoms with E-state index in [2.05, 4.69) is 12.6 Å². The summed E-state index contributed by atoms with van der Waals surface area (Å²) in [5.74, 6) is -3.79. The maximum Gasteiger partial charge on any atom is 0.349 e. The molecular formula is C27H30F2O7S3. The van der Waals surface area contributed by atoms with E-state index in [1.54, 1.807) is 13.8 Å². The number of esters is 1. The van der Waals surface area contributed by atoms with Crippen LogP contribution in [0.15, 0.2) is 40.1 Å². The van der Waals surface area contributed by atoms with Crippen molar-refractivity contribution in [3.05, 3.63) is 40.8 Å². The van der Waals surface area contributed by atoms with Crippen LogP contribution in [0.25, 0.3) is 0 Å². The van der Waals surface area contributed by atoms with Gasteiger partial charge >= 0.3 is 5.97 Å². The molecule has 0 saturated heterocycles. The summed E-state index contributed by atoms with van der Waals surface area (Å²) < 4.78 is 62.8. The highest BCUT2D eigenvalue weighted by atomic mass is 32.2. The van der Waals surface area contributed by atoms with E-state index in [0.29, 0.717) is 11.3 Å². The van der Waals surface area contributed by atoms with Crippen LogP contribution in [0.3, 0.4) is 0 Å². The van der Waals surface area contributed by atoms with Crippen molar-refractivity contribution >= 4 is 50.7 Å². The maximum atomic E-state index is 17.4. The van der Waals surface area contributed by atoms with Crippen LogP contribution in [0.1, 0.15) is 49.7 Å². The molecule has 3 saturated carbocycles. The van der Waals surface area contributed by atoms with Crippen LogP contribution in [-0.4, -0.2) is 60.2 Å². The van der Waals surface area contributed by atoms with E-state index in [4.69, 9.17) is 4.74 Å². The summed E-state index contributed by atoms with van der Waals surface area (Å²) in [5.41, 5.74) is -7.15. The fourth-order valence-corrected chi connectivity index (χ4v) is 10.4. The van der Waals surface area contributed by atoms with Crippen molar-refractivity contribution in [1.82, 2.24) is 0 Å². The van der Waals surface area contributed by atoms with Crippen molar-refractivity contribution < 1.29 is 41.4 Å². The third kappa shape index (κ3) is 3.66. The largest absolute Gasteiger partial charge is 0.445 e. The smallest absolute Gasteiger partial charge is 0.349 e. The van der Waals surface area contributed by atoms with E-state index in [-0.39, 0.29) is 33.9 Å². The number of thiol groups is 1. The van der Waals surface area contributed by atoms with Crippen molar-refractivity contribution in [2.45, 2.75) is 67.8 Å². The Kier molecular flexibility index (Phi) is 6.46. The number of ketones is 1. The fraction of sp³-hybridized carbons (Fsp3) is 0.593. The van der Waals surface area contributed by atoms with Crippen LogP contribution < -0.4 is 0 Å². The molecule has 5 rings (SSSR count). The number of sulfone groups is 1. The monoisotopic (exact) mass is 600 g/mol. The molecular weight excluding hydrogens is 570 g/mol. The third-order valence-electron chi connectivity index (χ3n) is 9.89. The van der Waals surface area contributed by atoms with Crippen molar-refractivity contribution in [1.29, 1.82) is 0 Å². The Morgan fingerprint density at radius 3 is 2.46 bits per heavy atom. The van der Waals surface area contributed by atoms with E-state index in [1.165, 1.54) is 31.2 Å². The number of carbonyl (C=O) groups excluding carboxylic acids is 3. The number of hydrogen-bond donors (Lipinski definition) is 2. The number of ether oxygens (including phenoxy) is 1. The minimum absolute atomic E-state index is 0.00946. The molecule has 0 amide bonds. The number of halogens is 2. The molecule has 9 atom stereocenters. The van der Waals surface area contributed by atoms with E-state index in [0.717, 1.165) is 12.3 Å². The van der Waals surface area contributed by atoms with Crippen molar-refractivity contribution in [3.8, 4) is 0 Å². The average molecular weight is 601 g/mol. The summed E-state index contributed by atoms with van der Waals surface area (Å²) >= 11 is 4.82. The molecule has 0 radical (unpaired) electrons. The number of alkyl halides is 2. The molecule has 0 spiro atoms. The number of aliphatic hydroxyl groups excluding tert-OH is 1. The number of hydrogen-bond acceptors (Lipinski definition) is 8. The molecule has 1 aromatic heterocycles. The summed E-state index contributed by atoms with van der Waals surface area (Å²) in [5, 5.41) is 10.7. The SMILES string of the molecule is C[C@@H]1C[C@H]2[C@@H]3C[C@H](F)C4=CC(=O)C=C[C@]4(C)[C@@]3(F)[C@@H](O)C[C@]2(C)[C@@]1(OC(=O)c1ccc(S(C)(=O)=O)s1)C(=O)S. The first-order valence-electron chi connectivity index (χ1n) is 12.7. The van der Waals surface area contributed by atoms with Gasteiger partial charge in [-0.1, -0.05) is 19.9 Å².